The summed E-state index contributed by atoms with van der Waals surface area (Å²) in [5.74, 6) is 0. The van der Waals surface area contributed by atoms with Crippen molar-refractivity contribution in [3.05, 3.63) is 12.8 Å². The van der Waals surface area contributed by atoms with E-state index in [-0.39, 0.29) is 68.8 Å². The van der Waals surface area contributed by atoms with Crippen molar-refractivity contribution < 1.29 is 68.8 Å². The predicted octanol–water partition coefficient (Wildman–Crippen LogP) is 2.10. The van der Waals surface area contributed by atoms with E-state index in [4.69, 9.17) is 0 Å². The molecule has 0 aliphatic rings. The summed E-state index contributed by atoms with van der Waals surface area (Å²) in [5.41, 5.74) is 0. The molecule has 0 fully saturated rings. The van der Waals surface area contributed by atoms with Gasteiger partial charge in [-0.05, 0) is 0 Å². The van der Waals surface area contributed by atoms with E-state index in [1.165, 1.54) is 0 Å². The zero-order valence-electron chi connectivity index (χ0n) is 7.38. The zero-order chi connectivity index (χ0) is 5.41. The van der Waals surface area contributed by atoms with Crippen LogP contribution in [0, 0.1) is 12.8 Å². The van der Waals surface area contributed by atoms with E-state index >= 15 is 0 Å². The molecule has 0 atom stereocenters. The maximum Gasteiger partial charge on any atom is 4.00 e. The van der Waals surface area contributed by atoms with Crippen molar-refractivity contribution in [1.82, 2.24) is 0 Å². The first kappa shape index (κ1) is 53.8. The van der Waals surface area contributed by atoms with Crippen molar-refractivity contribution >= 4 is 0 Å². The van der Waals surface area contributed by atoms with E-state index in [0.717, 1.165) is 0 Å². The number of rotatable bonds is 0. The molecule has 64 valence electrons. The van der Waals surface area contributed by atoms with Crippen molar-refractivity contribution in [2.45, 2.75) is 27.7 Å². The molecule has 5 heteroatoms. The standard InChI is InChI=1S/2C3H7.3O.2Zr/c2*1-3-2;;;;;/h2*3H,1-2H3;;;;;/q2*-1;3*-2;2*+4. The second kappa shape index (κ2) is 99.3. The van der Waals surface area contributed by atoms with Gasteiger partial charge in [0.25, 0.3) is 0 Å². The molecule has 11 heavy (non-hydrogen) atoms. The van der Waals surface area contributed by atoms with Crippen molar-refractivity contribution in [3.8, 4) is 0 Å². The molecule has 0 bridgehead atoms. The van der Waals surface area contributed by atoms with E-state index in [2.05, 4.69) is 0 Å². The van der Waals surface area contributed by atoms with Gasteiger partial charge < -0.3 is 29.3 Å². The maximum atomic E-state index is 2.00. The molecule has 0 amide bonds. The topological polar surface area (TPSA) is 85.5 Å². The van der Waals surface area contributed by atoms with Gasteiger partial charge in [0.15, 0.2) is 0 Å². The van der Waals surface area contributed by atoms with Crippen molar-refractivity contribution in [1.29, 1.82) is 0 Å². The van der Waals surface area contributed by atoms with E-state index in [1.54, 1.807) is 0 Å². The molecule has 0 aromatic heterocycles. The van der Waals surface area contributed by atoms with Gasteiger partial charge in [0, 0.05) is 0 Å². The third-order valence-corrected chi connectivity index (χ3v) is 0. The van der Waals surface area contributed by atoms with Crippen molar-refractivity contribution in [2.24, 2.45) is 0 Å². The smallest absolute Gasteiger partial charge is 2.00 e. The SMILES string of the molecule is C[CH-]C.C[CH-]C.[O-2].[O-2].[O-2].[Zr+4].[Zr+4]. The predicted molar refractivity (Wildman–Crippen MR) is 33.4 cm³/mol. The Morgan fingerprint density at radius 3 is 0.545 bits per heavy atom. The Balaban J connectivity index is -0.00000000400. The Morgan fingerprint density at radius 1 is 0.545 bits per heavy atom. The number of hydrogen-bond acceptors (Lipinski definition) is 0. The Labute approximate surface area is 109 Å². The summed E-state index contributed by atoms with van der Waals surface area (Å²) >= 11 is 0. The van der Waals surface area contributed by atoms with Crippen LogP contribution < -0.4 is 0 Å². The minimum Gasteiger partial charge on any atom is -2.00 e. The molecule has 0 aromatic rings. The molecular formula is C6H14O3Zr2. The van der Waals surface area contributed by atoms with Crippen LogP contribution in [0.4, 0.5) is 0 Å². The van der Waals surface area contributed by atoms with Gasteiger partial charge in [-0.1, -0.05) is 0 Å². The fourth-order valence-electron chi connectivity index (χ4n) is 0. The van der Waals surface area contributed by atoms with Crippen LogP contribution in [0.3, 0.4) is 0 Å². The van der Waals surface area contributed by atoms with Crippen LogP contribution >= 0.6 is 0 Å². The second-order valence-corrected chi connectivity index (χ2v) is 1.15. The quantitative estimate of drug-likeness (QED) is 0.613. The van der Waals surface area contributed by atoms with Gasteiger partial charge in [0.2, 0.25) is 0 Å². The monoisotopic (exact) mass is 314 g/mol. The van der Waals surface area contributed by atoms with Crippen molar-refractivity contribution in [2.75, 3.05) is 0 Å². The molecule has 3 nitrogen and oxygen atoms in total. The Kier molecular flexibility index (Phi) is 486. The molecular weight excluding hydrogens is 303 g/mol. The zero-order valence-corrected chi connectivity index (χ0v) is 12.3. The fourth-order valence-corrected chi connectivity index (χ4v) is 0. The van der Waals surface area contributed by atoms with Gasteiger partial charge in [0.1, 0.15) is 0 Å². The third kappa shape index (κ3) is 400. The summed E-state index contributed by atoms with van der Waals surface area (Å²) in [6.07, 6.45) is 4.00. The minimum absolute atomic E-state index is 0. The van der Waals surface area contributed by atoms with Crippen LogP contribution in [-0.4, -0.2) is 0 Å². The Morgan fingerprint density at radius 2 is 0.545 bits per heavy atom. The Bertz CT molecular complexity index is 17.8. The third-order valence-electron chi connectivity index (χ3n) is 0. The number of hydrogen-bond donors (Lipinski definition) is 0. The molecule has 0 aliphatic carbocycles. The maximum absolute atomic E-state index is 2.00. The summed E-state index contributed by atoms with van der Waals surface area (Å²) in [5, 5.41) is 0. The van der Waals surface area contributed by atoms with Gasteiger partial charge in [0.05, 0.1) is 0 Å². The summed E-state index contributed by atoms with van der Waals surface area (Å²) in [6.45, 7) is 8.00. The molecule has 0 aliphatic heterocycles. The van der Waals surface area contributed by atoms with Crippen LogP contribution in [0.15, 0.2) is 0 Å². The van der Waals surface area contributed by atoms with Gasteiger partial charge in [-0.15, -0.1) is 0 Å². The van der Waals surface area contributed by atoms with E-state index in [0.29, 0.717) is 0 Å². The van der Waals surface area contributed by atoms with Crippen LogP contribution in [0.5, 0.6) is 0 Å². The van der Waals surface area contributed by atoms with E-state index in [9.17, 15) is 0 Å². The average Bonchev–Trinajstić information content (AvgIpc) is 1.39. The minimum atomic E-state index is 0. The van der Waals surface area contributed by atoms with Crippen molar-refractivity contribution in [3.63, 3.8) is 0 Å². The molecule has 0 aromatic carbocycles. The van der Waals surface area contributed by atoms with Crippen LogP contribution in [-0.2, 0) is 68.8 Å². The summed E-state index contributed by atoms with van der Waals surface area (Å²) in [4.78, 5) is 0. The first-order valence-corrected chi connectivity index (χ1v) is 2.31. The normalized spacial score (nSPS) is 3.27. The van der Waals surface area contributed by atoms with Gasteiger partial charge in [-0.3, -0.25) is 0 Å². The largest absolute Gasteiger partial charge is 4.00 e. The van der Waals surface area contributed by atoms with Crippen LogP contribution in [0.1, 0.15) is 27.7 Å². The molecule has 0 unspecified atom stereocenters. The van der Waals surface area contributed by atoms with Gasteiger partial charge >= 0.3 is 52.4 Å². The fraction of sp³-hybridized carbons (Fsp3) is 0.667. The van der Waals surface area contributed by atoms with Gasteiger partial charge in [-0.25, -0.2) is 0 Å². The summed E-state index contributed by atoms with van der Waals surface area (Å²) in [6, 6.07) is 0. The Hall–Kier alpha value is 1.65. The first-order chi connectivity index (χ1) is 2.83. The molecule has 0 spiro atoms. The molecule has 0 radical (unpaired) electrons. The molecule has 0 rings (SSSR count). The van der Waals surface area contributed by atoms with E-state index in [1.807, 2.05) is 40.5 Å². The summed E-state index contributed by atoms with van der Waals surface area (Å²) < 4.78 is 0. The van der Waals surface area contributed by atoms with Gasteiger partial charge in [-0.2, -0.15) is 27.7 Å². The molecule has 0 saturated heterocycles. The molecule has 0 N–H and O–H groups in total. The van der Waals surface area contributed by atoms with Crippen LogP contribution in [0.25, 0.3) is 0 Å². The van der Waals surface area contributed by atoms with E-state index < -0.39 is 0 Å². The first-order valence-electron chi connectivity index (χ1n) is 2.31. The second-order valence-electron chi connectivity index (χ2n) is 1.15. The molecule has 0 heterocycles. The average molecular weight is 317 g/mol. The molecule has 0 saturated carbocycles. The summed E-state index contributed by atoms with van der Waals surface area (Å²) in [7, 11) is 0. The van der Waals surface area contributed by atoms with Crippen LogP contribution in [0.2, 0.25) is 0 Å².